The van der Waals surface area contributed by atoms with Crippen molar-refractivity contribution in [1.82, 2.24) is 10.6 Å². The Hall–Kier alpha value is -0.910. The second-order valence-corrected chi connectivity index (χ2v) is 5.81. The predicted octanol–water partition coefficient (Wildman–Crippen LogP) is 1.89. The van der Waals surface area contributed by atoms with Crippen molar-refractivity contribution in [2.24, 2.45) is 0 Å². The third kappa shape index (κ3) is 4.30. The van der Waals surface area contributed by atoms with E-state index >= 15 is 0 Å². The number of carbonyl (C=O) groups is 1. The third-order valence-corrected chi connectivity index (χ3v) is 4.01. The van der Waals surface area contributed by atoms with Crippen molar-refractivity contribution in [2.45, 2.75) is 19.1 Å². The molecule has 2 atom stereocenters. The predicted molar refractivity (Wildman–Crippen MR) is 78.8 cm³/mol. The van der Waals surface area contributed by atoms with Gasteiger partial charge in [-0.05, 0) is 19.1 Å². The molecule has 1 aromatic carbocycles. The number of hydrogen-bond donors (Lipinski definition) is 2. The first-order valence-corrected chi connectivity index (χ1v) is 7.70. The molecule has 0 aliphatic carbocycles. The molecule has 19 heavy (non-hydrogen) atoms. The lowest BCUT2D eigenvalue weighted by atomic mass is 10.3. The maximum absolute atomic E-state index is 11.8. The zero-order chi connectivity index (χ0) is 13.7. The molecule has 4 nitrogen and oxygen atoms in total. The standard InChI is InChI=1S/C13H17ClN2O2S/c1-9(18-12-5-3-2-4-10(12)14)6-15-13(17)11-7-19-8-16-11/h2-5,9,11,16H,6-8H2,1H3,(H,15,17). The van der Waals surface area contributed by atoms with Crippen LogP contribution in [-0.4, -0.2) is 36.2 Å². The molecular formula is C13H17ClN2O2S. The van der Waals surface area contributed by atoms with Crippen LogP contribution in [0.2, 0.25) is 5.02 Å². The minimum absolute atomic E-state index is 0.0274. The molecule has 1 amide bonds. The molecule has 6 heteroatoms. The van der Waals surface area contributed by atoms with Crippen molar-refractivity contribution < 1.29 is 9.53 Å². The summed E-state index contributed by atoms with van der Waals surface area (Å²) in [5.41, 5.74) is 0. The van der Waals surface area contributed by atoms with Gasteiger partial charge in [0.2, 0.25) is 5.91 Å². The number of carbonyl (C=O) groups excluding carboxylic acids is 1. The van der Waals surface area contributed by atoms with Crippen LogP contribution in [0.4, 0.5) is 0 Å². The molecule has 0 radical (unpaired) electrons. The van der Waals surface area contributed by atoms with Gasteiger partial charge < -0.3 is 10.1 Å². The van der Waals surface area contributed by atoms with E-state index in [0.717, 1.165) is 11.6 Å². The summed E-state index contributed by atoms with van der Waals surface area (Å²) in [6.45, 7) is 2.37. The summed E-state index contributed by atoms with van der Waals surface area (Å²) in [6, 6.07) is 7.23. The van der Waals surface area contributed by atoms with Crippen LogP contribution in [0.5, 0.6) is 5.75 Å². The maximum Gasteiger partial charge on any atom is 0.238 e. The van der Waals surface area contributed by atoms with E-state index in [-0.39, 0.29) is 18.1 Å². The minimum atomic E-state index is -0.127. The number of para-hydroxylation sites is 1. The third-order valence-electron chi connectivity index (χ3n) is 2.76. The summed E-state index contributed by atoms with van der Waals surface area (Å²) < 4.78 is 5.69. The fourth-order valence-electron chi connectivity index (χ4n) is 1.73. The number of thioether (sulfide) groups is 1. The van der Waals surface area contributed by atoms with E-state index in [1.165, 1.54) is 0 Å². The van der Waals surface area contributed by atoms with E-state index in [1.54, 1.807) is 17.8 Å². The summed E-state index contributed by atoms with van der Waals surface area (Å²) in [6.07, 6.45) is -0.127. The van der Waals surface area contributed by atoms with E-state index in [1.807, 2.05) is 25.1 Å². The fourth-order valence-corrected chi connectivity index (χ4v) is 2.85. The van der Waals surface area contributed by atoms with Crippen LogP contribution < -0.4 is 15.4 Å². The van der Waals surface area contributed by atoms with Crippen molar-refractivity contribution >= 4 is 29.3 Å². The minimum Gasteiger partial charge on any atom is -0.487 e. The molecule has 0 aromatic heterocycles. The van der Waals surface area contributed by atoms with Gasteiger partial charge in [-0.2, -0.15) is 0 Å². The van der Waals surface area contributed by atoms with Crippen LogP contribution in [0.15, 0.2) is 24.3 Å². The average Bonchev–Trinajstić information content (AvgIpc) is 2.93. The van der Waals surface area contributed by atoms with Gasteiger partial charge in [0.25, 0.3) is 0 Å². The number of benzene rings is 1. The quantitative estimate of drug-likeness (QED) is 0.872. The van der Waals surface area contributed by atoms with Crippen LogP contribution in [-0.2, 0) is 4.79 Å². The summed E-state index contributed by atoms with van der Waals surface area (Å²) in [4.78, 5) is 11.8. The SMILES string of the molecule is CC(CNC(=O)C1CSCN1)Oc1ccccc1Cl. The van der Waals surface area contributed by atoms with Gasteiger partial charge in [-0.15, -0.1) is 11.8 Å². The number of amides is 1. The Morgan fingerprint density at radius 1 is 1.63 bits per heavy atom. The topological polar surface area (TPSA) is 50.4 Å². The van der Waals surface area contributed by atoms with Crippen LogP contribution in [0.3, 0.4) is 0 Å². The molecule has 0 spiro atoms. The fraction of sp³-hybridized carbons (Fsp3) is 0.462. The summed E-state index contributed by atoms with van der Waals surface area (Å²) in [7, 11) is 0. The Kier molecular flexibility index (Phi) is 5.36. The van der Waals surface area contributed by atoms with Gasteiger partial charge in [-0.1, -0.05) is 23.7 Å². The van der Waals surface area contributed by atoms with E-state index in [4.69, 9.17) is 16.3 Å². The maximum atomic E-state index is 11.8. The molecule has 1 aliphatic heterocycles. The van der Waals surface area contributed by atoms with Crippen LogP contribution >= 0.6 is 23.4 Å². The van der Waals surface area contributed by atoms with Crippen LogP contribution in [0.1, 0.15) is 6.92 Å². The van der Waals surface area contributed by atoms with E-state index in [9.17, 15) is 4.79 Å². The van der Waals surface area contributed by atoms with Gasteiger partial charge in [0.05, 0.1) is 17.6 Å². The summed E-state index contributed by atoms with van der Waals surface area (Å²) in [5, 5.41) is 6.59. The van der Waals surface area contributed by atoms with Gasteiger partial charge >= 0.3 is 0 Å². The molecule has 2 unspecified atom stereocenters. The lowest BCUT2D eigenvalue weighted by molar-refractivity contribution is -0.122. The Morgan fingerprint density at radius 3 is 3.11 bits per heavy atom. The molecule has 0 bridgehead atoms. The van der Waals surface area contributed by atoms with Gasteiger partial charge in [-0.3, -0.25) is 10.1 Å². The van der Waals surface area contributed by atoms with Crippen molar-refractivity contribution in [3.63, 3.8) is 0 Å². The summed E-state index contributed by atoms with van der Waals surface area (Å²) >= 11 is 7.74. The van der Waals surface area contributed by atoms with E-state index in [2.05, 4.69) is 10.6 Å². The highest BCUT2D eigenvalue weighted by Crippen LogP contribution is 2.24. The lowest BCUT2D eigenvalue weighted by Crippen LogP contribution is -2.44. The molecule has 1 aromatic rings. The van der Waals surface area contributed by atoms with Gasteiger partial charge in [0, 0.05) is 11.6 Å². The number of halogens is 1. The Balaban J connectivity index is 1.76. The van der Waals surface area contributed by atoms with Crippen molar-refractivity contribution in [3.05, 3.63) is 29.3 Å². The molecule has 1 fully saturated rings. The van der Waals surface area contributed by atoms with E-state index < -0.39 is 0 Å². The summed E-state index contributed by atoms with van der Waals surface area (Å²) in [5.74, 6) is 2.33. The van der Waals surface area contributed by atoms with Crippen molar-refractivity contribution in [1.29, 1.82) is 0 Å². The Labute approximate surface area is 122 Å². The molecule has 0 saturated carbocycles. The first-order chi connectivity index (χ1) is 9.16. The first kappa shape index (κ1) is 14.5. The van der Waals surface area contributed by atoms with Crippen molar-refractivity contribution in [2.75, 3.05) is 18.2 Å². The number of ether oxygens (including phenoxy) is 1. The van der Waals surface area contributed by atoms with Gasteiger partial charge in [0.1, 0.15) is 11.9 Å². The molecule has 1 heterocycles. The highest BCUT2D eigenvalue weighted by molar-refractivity contribution is 7.99. The lowest BCUT2D eigenvalue weighted by Gasteiger charge is -2.17. The zero-order valence-electron chi connectivity index (χ0n) is 10.7. The van der Waals surface area contributed by atoms with Crippen LogP contribution in [0, 0.1) is 0 Å². The highest BCUT2D eigenvalue weighted by Gasteiger charge is 2.22. The monoisotopic (exact) mass is 300 g/mol. The van der Waals surface area contributed by atoms with Gasteiger partial charge in [0.15, 0.2) is 0 Å². The molecule has 104 valence electrons. The second kappa shape index (κ2) is 7.03. The molecule has 2 rings (SSSR count). The average molecular weight is 301 g/mol. The smallest absolute Gasteiger partial charge is 0.238 e. The molecular weight excluding hydrogens is 284 g/mol. The van der Waals surface area contributed by atoms with Gasteiger partial charge in [-0.25, -0.2) is 0 Å². The normalized spacial score (nSPS) is 20.0. The molecule has 2 N–H and O–H groups in total. The molecule has 1 aliphatic rings. The zero-order valence-corrected chi connectivity index (χ0v) is 12.3. The molecule has 1 saturated heterocycles. The number of hydrogen-bond acceptors (Lipinski definition) is 4. The Morgan fingerprint density at radius 2 is 2.42 bits per heavy atom. The van der Waals surface area contributed by atoms with Crippen LogP contribution in [0.25, 0.3) is 0 Å². The largest absolute Gasteiger partial charge is 0.487 e. The Bertz CT molecular complexity index is 438. The highest BCUT2D eigenvalue weighted by atomic mass is 35.5. The first-order valence-electron chi connectivity index (χ1n) is 6.17. The van der Waals surface area contributed by atoms with Crippen molar-refractivity contribution in [3.8, 4) is 5.75 Å². The number of rotatable bonds is 5. The van der Waals surface area contributed by atoms with E-state index in [0.29, 0.717) is 17.3 Å². The number of nitrogens with one attached hydrogen (secondary N) is 2. The second-order valence-electron chi connectivity index (χ2n) is 4.38.